The van der Waals surface area contributed by atoms with Crippen molar-refractivity contribution in [1.82, 2.24) is 4.72 Å². The van der Waals surface area contributed by atoms with Crippen molar-refractivity contribution >= 4 is 21.7 Å². The maximum absolute atomic E-state index is 11.7. The summed E-state index contributed by atoms with van der Waals surface area (Å²) in [5.74, 6) is -0.991. The topological polar surface area (TPSA) is 95.5 Å². The second-order valence-electron chi connectivity index (χ2n) is 4.09. The van der Waals surface area contributed by atoms with E-state index in [1.165, 1.54) is 30.3 Å². The lowest BCUT2D eigenvalue weighted by Crippen LogP contribution is -2.28. The molecule has 0 fully saturated rings. The zero-order valence-corrected chi connectivity index (χ0v) is 12.0. The average Bonchev–Trinajstić information content (AvgIpc) is 2.38. The van der Waals surface area contributed by atoms with Crippen LogP contribution in [0.2, 0.25) is 0 Å². The lowest BCUT2D eigenvalue weighted by atomic mass is 10.2. The number of carbonyl (C=O) groups is 1. The Labute approximate surface area is 118 Å². The Morgan fingerprint density at radius 2 is 2.00 bits per heavy atom. The number of benzene rings is 1. The van der Waals surface area contributed by atoms with Gasteiger partial charge in [-0.2, -0.15) is 0 Å². The molecule has 0 amide bonds. The van der Waals surface area contributed by atoms with Crippen molar-refractivity contribution in [3.63, 3.8) is 0 Å². The number of hydrogen-bond acceptors (Lipinski definition) is 4. The third-order valence-electron chi connectivity index (χ3n) is 2.54. The highest BCUT2D eigenvalue weighted by Crippen LogP contribution is 2.15. The molecule has 1 unspecified atom stereocenters. The quantitative estimate of drug-likeness (QED) is 0.631. The molecular formula is C13H18N2O4S. The van der Waals surface area contributed by atoms with E-state index in [1.54, 1.807) is 6.92 Å². The lowest BCUT2D eigenvalue weighted by molar-refractivity contribution is -0.137. The summed E-state index contributed by atoms with van der Waals surface area (Å²) in [6.45, 7) is 5.50. The van der Waals surface area contributed by atoms with Crippen LogP contribution in [0.15, 0.2) is 41.8 Å². The molecule has 0 spiro atoms. The van der Waals surface area contributed by atoms with Crippen LogP contribution in [-0.4, -0.2) is 32.1 Å². The SMILES string of the molecule is C=CCC(Nc1ccc(S(=O)(=O)NCC)cc1)C(=O)O. The molecule has 7 heteroatoms. The Morgan fingerprint density at radius 3 is 2.45 bits per heavy atom. The number of aliphatic carboxylic acids is 1. The highest BCUT2D eigenvalue weighted by atomic mass is 32.2. The van der Waals surface area contributed by atoms with Crippen LogP contribution in [0.1, 0.15) is 13.3 Å². The smallest absolute Gasteiger partial charge is 0.326 e. The van der Waals surface area contributed by atoms with Crippen molar-refractivity contribution in [2.75, 3.05) is 11.9 Å². The van der Waals surface area contributed by atoms with Crippen LogP contribution < -0.4 is 10.0 Å². The molecule has 0 saturated carbocycles. The van der Waals surface area contributed by atoms with Crippen LogP contribution in [0.25, 0.3) is 0 Å². The van der Waals surface area contributed by atoms with Crippen molar-refractivity contribution in [3.05, 3.63) is 36.9 Å². The standard InChI is InChI=1S/C13H18N2O4S/c1-3-5-12(13(16)17)15-10-6-8-11(9-7-10)20(18,19)14-4-2/h3,6-9,12,14-15H,1,4-5H2,2H3,(H,16,17). The summed E-state index contributed by atoms with van der Waals surface area (Å²) in [6, 6.07) is 5.12. The molecule has 0 aliphatic carbocycles. The minimum atomic E-state index is -3.49. The normalized spacial score (nSPS) is 12.7. The number of rotatable bonds is 8. The first-order chi connectivity index (χ1) is 9.40. The molecule has 0 bridgehead atoms. The first-order valence-electron chi connectivity index (χ1n) is 6.10. The Morgan fingerprint density at radius 1 is 1.40 bits per heavy atom. The van der Waals surface area contributed by atoms with E-state index in [-0.39, 0.29) is 11.3 Å². The Hall–Kier alpha value is -1.86. The van der Waals surface area contributed by atoms with Crippen molar-refractivity contribution < 1.29 is 18.3 Å². The van der Waals surface area contributed by atoms with Gasteiger partial charge in [0, 0.05) is 12.2 Å². The van der Waals surface area contributed by atoms with Gasteiger partial charge in [0.05, 0.1) is 4.90 Å². The fraction of sp³-hybridized carbons (Fsp3) is 0.308. The van der Waals surface area contributed by atoms with Gasteiger partial charge in [-0.1, -0.05) is 13.0 Å². The van der Waals surface area contributed by atoms with Crippen molar-refractivity contribution in [3.8, 4) is 0 Å². The van der Waals surface area contributed by atoms with Crippen LogP contribution >= 0.6 is 0 Å². The number of hydrogen-bond donors (Lipinski definition) is 3. The molecule has 1 aromatic carbocycles. The summed E-state index contributed by atoms with van der Waals surface area (Å²) in [6.07, 6.45) is 1.78. The first kappa shape index (κ1) is 16.2. The average molecular weight is 298 g/mol. The van der Waals surface area contributed by atoms with Crippen molar-refractivity contribution in [2.45, 2.75) is 24.3 Å². The van der Waals surface area contributed by atoms with Crippen molar-refractivity contribution in [1.29, 1.82) is 0 Å². The Bertz CT molecular complexity index is 567. The van der Waals surface area contributed by atoms with Crippen LogP contribution in [-0.2, 0) is 14.8 Å². The molecule has 0 radical (unpaired) electrons. The monoisotopic (exact) mass is 298 g/mol. The third-order valence-corrected chi connectivity index (χ3v) is 4.10. The summed E-state index contributed by atoms with van der Waals surface area (Å²) < 4.78 is 25.9. The molecule has 0 heterocycles. The van der Waals surface area contributed by atoms with E-state index in [9.17, 15) is 13.2 Å². The fourth-order valence-corrected chi connectivity index (χ4v) is 2.63. The van der Waals surface area contributed by atoms with Gasteiger partial charge in [-0.25, -0.2) is 17.9 Å². The number of carboxylic acid groups (broad SMARTS) is 1. The predicted octanol–water partition coefficient (Wildman–Crippen LogP) is 1.43. The Kier molecular flexibility index (Phi) is 5.72. The number of sulfonamides is 1. The minimum absolute atomic E-state index is 0.139. The maximum Gasteiger partial charge on any atom is 0.326 e. The molecule has 6 nitrogen and oxygen atoms in total. The molecule has 20 heavy (non-hydrogen) atoms. The van der Waals surface area contributed by atoms with E-state index < -0.39 is 22.0 Å². The van der Waals surface area contributed by atoms with Gasteiger partial charge in [-0.05, 0) is 30.7 Å². The summed E-state index contributed by atoms with van der Waals surface area (Å²) >= 11 is 0. The number of nitrogens with one attached hydrogen (secondary N) is 2. The van der Waals surface area contributed by atoms with Gasteiger partial charge in [-0.15, -0.1) is 6.58 Å². The van der Waals surface area contributed by atoms with Gasteiger partial charge in [0.2, 0.25) is 10.0 Å². The molecule has 1 atom stereocenters. The first-order valence-corrected chi connectivity index (χ1v) is 7.59. The van der Waals surface area contributed by atoms with E-state index in [1.807, 2.05) is 0 Å². The van der Waals surface area contributed by atoms with Gasteiger partial charge in [0.15, 0.2) is 0 Å². The highest BCUT2D eigenvalue weighted by molar-refractivity contribution is 7.89. The Balaban J connectivity index is 2.86. The molecule has 0 aliphatic rings. The van der Waals surface area contributed by atoms with Crippen LogP contribution in [0.4, 0.5) is 5.69 Å². The van der Waals surface area contributed by atoms with Gasteiger partial charge in [-0.3, -0.25) is 0 Å². The van der Waals surface area contributed by atoms with E-state index in [0.717, 1.165) is 0 Å². The van der Waals surface area contributed by atoms with Gasteiger partial charge in [0.1, 0.15) is 6.04 Å². The molecule has 110 valence electrons. The molecule has 1 aromatic rings. The summed E-state index contributed by atoms with van der Waals surface area (Å²) in [5, 5.41) is 11.8. The van der Waals surface area contributed by atoms with Gasteiger partial charge >= 0.3 is 5.97 Å². The van der Waals surface area contributed by atoms with Gasteiger partial charge < -0.3 is 10.4 Å². The van der Waals surface area contributed by atoms with E-state index >= 15 is 0 Å². The minimum Gasteiger partial charge on any atom is -0.480 e. The molecule has 3 N–H and O–H groups in total. The summed E-state index contributed by atoms with van der Waals surface area (Å²) in [4.78, 5) is 11.1. The molecule has 1 rings (SSSR count). The number of carboxylic acids is 1. The van der Waals surface area contributed by atoms with E-state index in [4.69, 9.17) is 5.11 Å². The predicted molar refractivity (Wildman–Crippen MR) is 77.2 cm³/mol. The van der Waals surface area contributed by atoms with Crippen molar-refractivity contribution in [2.24, 2.45) is 0 Å². The molecule has 0 aromatic heterocycles. The lowest BCUT2D eigenvalue weighted by Gasteiger charge is -2.14. The molecule has 0 aliphatic heterocycles. The highest BCUT2D eigenvalue weighted by Gasteiger charge is 2.16. The fourth-order valence-electron chi connectivity index (χ4n) is 1.59. The van der Waals surface area contributed by atoms with E-state index in [0.29, 0.717) is 12.2 Å². The molecule has 0 saturated heterocycles. The van der Waals surface area contributed by atoms with Crippen LogP contribution in [0.3, 0.4) is 0 Å². The van der Waals surface area contributed by atoms with Crippen LogP contribution in [0.5, 0.6) is 0 Å². The maximum atomic E-state index is 11.7. The van der Waals surface area contributed by atoms with Crippen LogP contribution in [0, 0.1) is 0 Å². The summed E-state index contributed by atoms with van der Waals surface area (Å²) in [5.41, 5.74) is 0.537. The zero-order valence-electron chi connectivity index (χ0n) is 11.2. The molecular weight excluding hydrogens is 280 g/mol. The third kappa shape index (κ3) is 4.36. The second kappa shape index (κ2) is 7.06. The van der Waals surface area contributed by atoms with E-state index in [2.05, 4.69) is 16.6 Å². The largest absolute Gasteiger partial charge is 0.480 e. The zero-order chi connectivity index (χ0) is 15.2. The summed E-state index contributed by atoms with van der Waals surface area (Å²) in [7, 11) is -3.49. The number of anilines is 1. The second-order valence-corrected chi connectivity index (χ2v) is 5.85. The van der Waals surface area contributed by atoms with Gasteiger partial charge in [0.25, 0.3) is 0 Å².